The molecule has 20 heavy (non-hydrogen) atoms. The molecule has 0 aromatic rings. The van der Waals surface area contributed by atoms with Crippen LogP contribution in [0.5, 0.6) is 0 Å². The third-order valence-corrected chi connectivity index (χ3v) is 6.97. The Morgan fingerprint density at radius 2 is 1.65 bits per heavy atom. The predicted molar refractivity (Wildman–Crippen MR) is 83.8 cm³/mol. The lowest BCUT2D eigenvalue weighted by Gasteiger charge is -2.68. The predicted octanol–water partition coefficient (Wildman–Crippen LogP) is 3.42. The van der Waals surface area contributed by atoms with Crippen LogP contribution in [0.1, 0.15) is 65.7 Å². The largest absolute Gasteiger partial charge is 0.313 e. The van der Waals surface area contributed by atoms with Crippen LogP contribution in [0.25, 0.3) is 0 Å². The third kappa shape index (κ3) is 2.06. The van der Waals surface area contributed by atoms with Crippen molar-refractivity contribution in [3.63, 3.8) is 0 Å². The molecule has 5 rings (SSSR count). The van der Waals surface area contributed by atoms with Crippen molar-refractivity contribution >= 4 is 0 Å². The van der Waals surface area contributed by atoms with Gasteiger partial charge >= 0.3 is 0 Å². The van der Waals surface area contributed by atoms with Crippen LogP contribution < -0.4 is 5.32 Å². The molecule has 0 spiro atoms. The van der Waals surface area contributed by atoms with Crippen LogP contribution >= 0.6 is 0 Å². The normalized spacial score (nSPS) is 56.0. The number of hydrogen-bond donors (Lipinski definition) is 1. The minimum Gasteiger partial charge on any atom is -0.313 e. The summed E-state index contributed by atoms with van der Waals surface area (Å²) < 4.78 is 0. The van der Waals surface area contributed by atoms with E-state index >= 15 is 0 Å². The Morgan fingerprint density at radius 1 is 0.950 bits per heavy atom. The van der Waals surface area contributed by atoms with Gasteiger partial charge in [0.25, 0.3) is 0 Å². The number of hydrogen-bond acceptors (Lipinski definition) is 2. The SMILES string of the molecule is CC1CCN(C23CC4CC(C)(CC(C)(C4)C2)C3)CCN1. The monoisotopic (exact) mass is 276 g/mol. The van der Waals surface area contributed by atoms with Gasteiger partial charge in [-0.2, -0.15) is 0 Å². The molecule has 2 nitrogen and oxygen atoms in total. The summed E-state index contributed by atoms with van der Waals surface area (Å²) in [6.07, 6.45) is 10.4. The maximum absolute atomic E-state index is 3.68. The van der Waals surface area contributed by atoms with E-state index in [1.807, 2.05) is 0 Å². The maximum Gasteiger partial charge on any atom is 0.0223 e. The van der Waals surface area contributed by atoms with Crippen molar-refractivity contribution in [1.29, 1.82) is 0 Å². The van der Waals surface area contributed by atoms with Crippen LogP contribution in [0, 0.1) is 16.7 Å². The van der Waals surface area contributed by atoms with Crippen LogP contribution in [0.4, 0.5) is 0 Å². The highest BCUT2D eigenvalue weighted by Gasteiger charge is 2.61. The Bertz CT molecular complexity index is 386. The van der Waals surface area contributed by atoms with Gasteiger partial charge in [0.2, 0.25) is 0 Å². The lowest BCUT2D eigenvalue weighted by Crippen LogP contribution is -2.65. The van der Waals surface area contributed by atoms with E-state index in [0.29, 0.717) is 22.4 Å². The quantitative estimate of drug-likeness (QED) is 0.789. The van der Waals surface area contributed by atoms with Gasteiger partial charge in [-0.15, -0.1) is 0 Å². The van der Waals surface area contributed by atoms with Gasteiger partial charge < -0.3 is 5.32 Å². The molecule has 0 aromatic heterocycles. The summed E-state index contributed by atoms with van der Waals surface area (Å²) in [7, 11) is 0. The smallest absolute Gasteiger partial charge is 0.0223 e. The van der Waals surface area contributed by atoms with Gasteiger partial charge in [-0.25, -0.2) is 0 Å². The molecule has 114 valence electrons. The first-order valence-electron chi connectivity index (χ1n) is 8.89. The van der Waals surface area contributed by atoms with Gasteiger partial charge in [0, 0.05) is 31.2 Å². The summed E-state index contributed by atoms with van der Waals surface area (Å²) in [4.78, 5) is 2.92. The highest BCUT2D eigenvalue weighted by Crippen LogP contribution is 2.67. The van der Waals surface area contributed by atoms with E-state index in [2.05, 4.69) is 31.0 Å². The minimum atomic E-state index is 0.564. The molecular weight excluding hydrogens is 244 g/mol. The van der Waals surface area contributed by atoms with E-state index in [9.17, 15) is 0 Å². The molecule has 1 aliphatic heterocycles. The molecule has 1 heterocycles. The highest BCUT2D eigenvalue weighted by atomic mass is 15.2. The summed E-state index contributed by atoms with van der Waals surface area (Å²) in [5, 5.41) is 3.68. The van der Waals surface area contributed by atoms with Crippen molar-refractivity contribution < 1.29 is 0 Å². The Hall–Kier alpha value is -0.0800. The molecule has 5 fully saturated rings. The van der Waals surface area contributed by atoms with Gasteiger partial charge in [0.1, 0.15) is 0 Å². The molecule has 4 aliphatic carbocycles. The first kappa shape index (κ1) is 13.6. The molecule has 1 N–H and O–H groups in total. The van der Waals surface area contributed by atoms with Crippen LogP contribution in [-0.2, 0) is 0 Å². The van der Waals surface area contributed by atoms with Crippen LogP contribution in [0.3, 0.4) is 0 Å². The number of nitrogens with one attached hydrogen (secondary N) is 1. The van der Waals surface area contributed by atoms with Crippen molar-refractivity contribution in [2.75, 3.05) is 19.6 Å². The zero-order chi connectivity index (χ0) is 14.0. The zero-order valence-corrected chi connectivity index (χ0v) is 13.7. The molecule has 5 aliphatic rings. The Kier molecular flexibility index (Phi) is 2.87. The lowest BCUT2D eigenvalue weighted by molar-refractivity contribution is -0.160. The maximum atomic E-state index is 3.68. The second-order valence-corrected chi connectivity index (χ2v) is 9.49. The van der Waals surface area contributed by atoms with Crippen molar-refractivity contribution in [3.05, 3.63) is 0 Å². The minimum absolute atomic E-state index is 0.564. The first-order chi connectivity index (χ1) is 9.41. The van der Waals surface area contributed by atoms with Gasteiger partial charge in [0.05, 0.1) is 0 Å². The molecule has 0 amide bonds. The van der Waals surface area contributed by atoms with Gasteiger partial charge in [0.15, 0.2) is 0 Å². The van der Waals surface area contributed by atoms with Crippen molar-refractivity contribution in [1.82, 2.24) is 10.2 Å². The number of rotatable bonds is 1. The second kappa shape index (κ2) is 4.23. The van der Waals surface area contributed by atoms with E-state index in [-0.39, 0.29) is 0 Å². The molecule has 1 saturated heterocycles. The molecule has 0 radical (unpaired) electrons. The third-order valence-electron chi connectivity index (χ3n) is 6.97. The van der Waals surface area contributed by atoms with Crippen molar-refractivity contribution in [3.8, 4) is 0 Å². The van der Waals surface area contributed by atoms with Gasteiger partial charge in [-0.05, 0) is 68.6 Å². The fourth-order valence-corrected chi connectivity index (χ4v) is 7.22. The molecule has 4 saturated carbocycles. The average molecular weight is 276 g/mol. The van der Waals surface area contributed by atoms with E-state index in [1.165, 1.54) is 64.6 Å². The number of nitrogens with zero attached hydrogens (tertiary/aromatic N) is 1. The summed E-state index contributed by atoms with van der Waals surface area (Å²) in [6.45, 7) is 11.4. The fourth-order valence-electron chi connectivity index (χ4n) is 7.22. The second-order valence-electron chi connectivity index (χ2n) is 9.49. The molecule has 3 unspecified atom stereocenters. The molecule has 2 heteroatoms. The molecule has 4 bridgehead atoms. The van der Waals surface area contributed by atoms with Crippen molar-refractivity contribution in [2.45, 2.75) is 77.3 Å². The Labute approximate surface area is 124 Å². The van der Waals surface area contributed by atoms with Crippen LogP contribution in [0.2, 0.25) is 0 Å². The zero-order valence-electron chi connectivity index (χ0n) is 13.7. The Balaban J connectivity index is 1.63. The van der Waals surface area contributed by atoms with E-state index in [4.69, 9.17) is 0 Å². The summed E-state index contributed by atoms with van der Waals surface area (Å²) in [5.41, 5.74) is 1.87. The topological polar surface area (TPSA) is 15.3 Å². The summed E-state index contributed by atoms with van der Waals surface area (Å²) in [5.74, 6) is 1.02. The van der Waals surface area contributed by atoms with E-state index in [1.54, 1.807) is 0 Å². The van der Waals surface area contributed by atoms with Crippen LogP contribution in [-0.4, -0.2) is 36.1 Å². The van der Waals surface area contributed by atoms with Crippen LogP contribution in [0.15, 0.2) is 0 Å². The Morgan fingerprint density at radius 3 is 2.30 bits per heavy atom. The van der Waals surface area contributed by atoms with Gasteiger partial charge in [-0.1, -0.05) is 13.8 Å². The molecule has 3 atom stereocenters. The highest BCUT2D eigenvalue weighted by molar-refractivity contribution is 5.15. The van der Waals surface area contributed by atoms with E-state index < -0.39 is 0 Å². The van der Waals surface area contributed by atoms with Crippen molar-refractivity contribution in [2.24, 2.45) is 16.7 Å². The fraction of sp³-hybridized carbons (Fsp3) is 1.00. The summed E-state index contributed by atoms with van der Waals surface area (Å²) >= 11 is 0. The van der Waals surface area contributed by atoms with E-state index in [0.717, 1.165) is 5.92 Å². The molecule has 0 aromatic carbocycles. The molecular formula is C18H32N2. The summed E-state index contributed by atoms with van der Waals surface area (Å²) in [6, 6.07) is 0.708. The standard InChI is InChI=1S/C18H32N2/c1-14-4-6-20(7-5-19-14)18-10-15-8-16(2,12-18)11-17(3,9-15)13-18/h14-15,19H,4-13H2,1-3H3. The average Bonchev–Trinajstić information content (AvgIpc) is 2.49. The van der Waals surface area contributed by atoms with Gasteiger partial charge in [-0.3, -0.25) is 4.90 Å². The lowest BCUT2D eigenvalue weighted by atomic mass is 9.42. The first-order valence-corrected chi connectivity index (χ1v) is 8.89.